The van der Waals surface area contributed by atoms with Crippen molar-refractivity contribution in [1.29, 1.82) is 0 Å². The normalized spacial score (nSPS) is 10.9. The van der Waals surface area contributed by atoms with Crippen LogP contribution in [0.5, 0.6) is 11.5 Å². The van der Waals surface area contributed by atoms with Gasteiger partial charge in [-0.3, -0.25) is 4.79 Å². The summed E-state index contributed by atoms with van der Waals surface area (Å²) >= 11 is 12.1. The largest absolute Gasteiger partial charge is 0.496 e. The molecule has 3 aromatic rings. The van der Waals surface area contributed by atoms with Crippen molar-refractivity contribution in [1.82, 2.24) is 0 Å². The van der Waals surface area contributed by atoms with E-state index in [1.54, 1.807) is 37.5 Å². The van der Waals surface area contributed by atoms with Crippen LogP contribution < -0.4 is 9.47 Å². The van der Waals surface area contributed by atoms with E-state index in [-0.39, 0.29) is 12.4 Å². The Morgan fingerprint density at radius 1 is 1.00 bits per heavy atom. The van der Waals surface area contributed by atoms with Crippen molar-refractivity contribution in [3.05, 3.63) is 99.0 Å². The SMILES string of the molecule is COc1ccc(/C=C/C(=O)c2cccc(C)c2)cc1COc1ccc(Cl)cc1Cl. The molecule has 3 rings (SSSR count). The molecule has 0 atom stereocenters. The third-order valence-electron chi connectivity index (χ3n) is 4.31. The number of rotatable bonds is 7. The number of ether oxygens (including phenoxy) is 2. The molecular weight excluding hydrogens is 407 g/mol. The lowest BCUT2D eigenvalue weighted by Crippen LogP contribution is -2.00. The molecule has 0 aromatic heterocycles. The fourth-order valence-electron chi connectivity index (χ4n) is 2.83. The molecule has 0 heterocycles. The maximum atomic E-state index is 12.4. The van der Waals surface area contributed by atoms with Crippen LogP contribution in [0.4, 0.5) is 0 Å². The van der Waals surface area contributed by atoms with E-state index in [1.807, 2.05) is 49.4 Å². The van der Waals surface area contributed by atoms with Crippen molar-refractivity contribution in [3.8, 4) is 11.5 Å². The lowest BCUT2D eigenvalue weighted by molar-refractivity contribution is 0.104. The van der Waals surface area contributed by atoms with Crippen LogP contribution in [0, 0.1) is 6.92 Å². The number of benzene rings is 3. The van der Waals surface area contributed by atoms with Crippen molar-refractivity contribution in [3.63, 3.8) is 0 Å². The minimum Gasteiger partial charge on any atom is -0.496 e. The predicted molar refractivity (Wildman–Crippen MR) is 118 cm³/mol. The molecule has 0 N–H and O–H groups in total. The molecule has 0 spiro atoms. The van der Waals surface area contributed by atoms with Gasteiger partial charge in [0.25, 0.3) is 0 Å². The molecule has 0 aliphatic carbocycles. The maximum Gasteiger partial charge on any atom is 0.185 e. The second-order valence-corrected chi connectivity index (χ2v) is 7.35. The number of carbonyl (C=O) groups is 1. The molecule has 0 fully saturated rings. The van der Waals surface area contributed by atoms with Crippen LogP contribution in [0.1, 0.15) is 27.0 Å². The van der Waals surface area contributed by atoms with Crippen LogP contribution in [-0.2, 0) is 6.61 Å². The van der Waals surface area contributed by atoms with E-state index in [2.05, 4.69) is 0 Å². The number of hydrogen-bond donors (Lipinski definition) is 0. The van der Waals surface area contributed by atoms with Crippen LogP contribution in [0.25, 0.3) is 6.08 Å². The average Bonchev–Trinajstić information content (AvgIpc) is 2.71. The molecule has 0 amide bonds. The first-order chi connectivity index (χ1) is 14.0. The highest BCUT2D eigenvalue weighted by Gasteiger charge is 2.08. The second-order valence-electron chi connectivity index (χ2n) is 6.50. The Labute approximate surface area is 180 Å². The molecule has 5 heteroatoms. The van der Waals surface area contributed by atoms with E-state index in [0.29, 0.717) is 27.1 Å². The monoisotopic (exact) mass is 426 g/mol. The van der Waals surface area contributed by atoms with Gasteiger partial charge in [0.15, 0.2) is 5.78 Å². The molecular formula is C24H20Cl2O3. The van der Waals surface area contributed by atoms with Crippen LogP contribution in [-0.4, -0.2) is 12.9 Å². The van der Waals surface area contributed by atoms with Gasteiger partial charge in [0, 0.05) is 16.1 Å². The molecule has 148 valence electrons. The number of aryl methyl sites for hydroxylation is 1. The minimum absolute atomic E-state index is 0.0461. The molecule has 0 aliphatic heterocycles. The Kier molecular flexibility index (Phi) is 6.97. The zero-order valence-electron chi connectivity index (χ0n) is 16.1. The molecule has 0 radical (unpaired) electrons. The Morgan fingerprint density at radius 3 is 2.52 bits per heavy atom. The summed E-state index contributed by atoms with van der Waals surface area (Å²) in [7, 11) is 1.60. The zero-order valence-corrected chi connectivity index (χ0v) is 17.6. The van der Waals surface area contributed by atoms with Crippen LogP contribution in [0.15, 0.2) is 66.7 Å². The summed E-state index contributed by atoms with van der Waals surface area (Å²) in [6.07, 6.45) is 3.35. The van der Waals surface area contributed by atoms with E-state index in [9.17, 15) is 4.79 Å². The van der Waals surface area contributed by atoms with Crippen LogP contribution >= 0.6 is 23.2 Å². The zero-order chi connectivity index (χ0) is 20.8. The third kappa shape index (κ3) is 5.63. The topological polar surface area (TPSA) is 35.5 Å². The number of carbonyl (C=O) groups excluding carboxylic acids is 1. The number of halogens is 2. The van der Waals surface area contributed by atoms with Gasteiger partial charge in [0.05, 0.1) is 12.1 Å². The van der Waals surface area contributed by atoms with E-state index in [1.165, 1.54) is 0 Å². The average molecular weight is 427 g/mol. The fourth-order valence-corrected chi connectivity index (χ4v) is 3.29. The van der Waals surface area contributed by atoms with Gasteiger partial charge in [0.1, 0.15) is 18.1 Å². The maximum absolute atomic E-state index is 12.4. The number of methoxy groups -OCH3 is 1. The molecule has 0 saturated carbocycles. The summed E-state index contributed by atoms with van der Waals surface area (Å²) < 4.78 is 11.2. The second kappa shape index (κ2) is 9.64. The summed E-state index contributed by atoms with van der Waals surface area (Å²) in [5, 5.41) is 0.988. The summed E-state index contributed by atoms with van der Waals surface area (Å²) in [6, 6.07) is 18.2. The Morgan fingerprint density at radius 2 is 1.79 bits per heavy atom. The molecule has 0 unspecified atom stereocenters. The lowest BCUT2D eigenvalue weighted by atomic mass is 10.1. The number of hydrogen-bond acceptors (Lipinski definition) is 3. The number of ketones is 1. The summed E-state index contributed by atoms with van der Waals surface area (Å²) in [6.45, 7) is 2.22. The van der Waals surface area contributed by atoms with Gasteiger partial charge in [-0.25, -0.2) is 0 Å². The summed E-state index contributed by atoms with van der Waals surface area (Å²) in [5.41, 5.74) is 3.42. The quantitative estimate of drug-likeness (QED) is 0.308. The Hall–Kier alpha value is -2.75. The van der Waals surface area contributed by atoms with E-state index in [0.717, 1.165) is 16.7 Å². The van der Waals surface area contributed by atoms with E-state index in [4.69, 9.17) is 32.7 Å². The van der Waals surface area contributed by atoms with Gasteiger partial charge >= 0.3 is 0 Å². The lowest BCUT2D eigenvalue weighted by Gasteiger charge is -2.12. The first-order valence-electron chi connectivity index (χ1n) is 9.00. The minimum atomic E-state index is -0.0461. The predicted octanol–water partition coefficient (Wildman–Crippen LogP) is 6.79. The highest BCUT2D eigenvalue weighted by Crippen LogP contribution is 2.29. The van der Waals surface area contributed by atoms with Crippen LogP contribution in [0.2, 0.25) is 10.0 Å². The van der Waals surface area contributed by atoms with E-state index < -0.39 is 0 Å². The van der Waals surface area contributed by atoms with Crippen LogP contribution in [0.3, 0.4) is 0 Å². The summed E-state index contributed by atoms with van der Waals surface area (Å²) in [4.78, 5) is 12.4. The van der Waals surface area contributed by atoms with Crippen molar-refractivity contribution < 1.29 is 14.3 Å². The highest BCUT2D eigenvalue weighted by atomic mass is 35.5. The Bertz CT molecular complexity index is 1060. The van der Waals surface area contributed by atoms with Gasteiger partial charge in [-0.05, 0) is 55.0 Å². The van der Waals surface area contributed by atoms with Gasteiger partial charge in [-0.15, -0.1) is 0 Å². The van der Waals surface area contributed by atoms with Crippen molar-refractivity contribution in [2.75, 3.05) is 7.11 Å². The van der Waals surface area contributed by atoms with E-state index >= 15 is 0 Å². The van der Waals surface area contributed by atoms with Gasteiger partial charge in [-0.2, -0.15) is 0 Å². The van der Waals surface area contributed by atoms with Gasteiger partial charge < -0.3 is 9.47 Å². The first-order valence-corrected chi connectivity index (χ1v) is 9.75. The Balaban J connectivity index is 1.76. The molecule has 0 bridgehead atoms. The first kappa shape index (κ1) is 21.0. The fraction of sp³-hybridized carbons (Fsp3) is 0.125. The molecule has 3 nitrogen and oxygen atoms in total. The summed E-state index contributed by atoms with van der Waals surface area (Å²) in [5.74, 6) is 1.18. The molecule has 29 heavy (non-hydrogen) atoms. The van der Waals surface area contributed by atoms with Gasteiger partial charge in [-0.1, -0.05) is 59.1 Å². The van der Waals surface area contributed by atoms with Gasteiger partial charge in [0.2, 0.25) is 0 Å². The number of allylic oxidation sites excluding steroid dienone is 1. The smallest absolute Gasteiger partial charge is 0.185 e. The molecule has 0 aliphatic rings. The van der Waals surface area contributed by atoms with Crippen molar-refractivity contribution >= 4 is 35.1 Å². The standard InChI is InChI=1S/C24H20Cl2O3/c1-16-4-3-5-18(12-16)22(27)9-6-17-7-10-23(28-2)19(13-17)15-29-24-11-8-20(25)14-21(24)26/h3-14H,15H2,1-2H3/b9-6+. The van der Waals surface area contributed by atoms with Crippen molar-refractivity contribution in [2.24, 2.45) is 0 Å². The third-order valence-corrected chi connectivity index (χ3v) is 4.84. The molecule has 3 aromatic carbocycles. The molecule has 0 saturated heterocycles. The van der Waals surface area contributed by atoms with Crippen molar-refractivity contribution in [2.45, 2.75) is 13.5 Å². The highest BCUT2D eigenvalue weighted by molar-refractivity contribution is 6.35.